The molecular weight excluding hydrogens is 419 g/mol. The van der Waals surface area contributed by atoms with E-state index in [4.69, 9.17) is 4.74 Å². The van der Waals surface area contributed by atoms with Gasteiger partial charge in [0.25, 0.3) is 0 Å². The zero-order valence-electron chi connectivity index (χ0n) is 16.7. The number of carbonyl (C=O) groups excluding carboxylic acids is 2. The van der Waals surface area contributed by atoms with Crippen LogP contribution < -0.4 is 0 Å². The van der Waals surface area contributed by atoms with E-state index in [2.05, 4.69) is 15.0 Å². The van der Waals surface area contributed by atoms with Crippen molar-refractivity contribution >= 4 is 23.1 Å². The van der Waals surface area contributed by atoms with Gasteiger partial charge in [-0.3, -0.25) is 4.79 Å². The second-order valence-electron chi connectivity index (χ2n) is 6.71. The van der Waals surface area contributed by atoms with Crippen molar-refractivity contribution in [2.24, 2.45) is 0 Å². The van der Waals surface area contributed by atoms with Gasteiger partial charge >= 0.3 is 5.97 Å². The quantitative estimate of drug-likeness (QED) is 0.333. The van der Waals surface area contributed by atoms with E-state index in [-0.39, 0.29) is 17.3 Å². The summed E-state index contributed by atoms with van der Waals surface area (Å²) in [5.74, 6) is -1.01. The molecule has 31 heavy (non-hydrogen) atoms. The van der Waals surface area contributed by atoms with Crippen LogP contribution in [0.15, 0.2) is 54.2 Å². The smallest absolute Gasteiger partial charge is 0.358 e. The number of hydrogen-bond acceptors (Lipinski definition) is 7. The number of hydrogen-bond donors (Lipinski definition) is 0. The second-order valence-corrected chi connectivity index (χ2v) is 7.57. The van der Waals surface area contributed by atoms with Gasteiger partial charge < -0.3 is 9.30 Å². The highest BCUT2D eigenvalue weighted by Gasteiger charge is 2.20. The Balaban J connectivity index is 1.46. The van der Waals surface area contributed by atoms with Crippen LogP contribution >= 0.6 is 11.3 Å². The van der Waals surface area contributed by atoms with Gasteiger partial charge in [0.15, 0.2) is 23.1 Å². The van der Waals surface area contributed by atoms with Crippen LogP contribution in [0.3, 0.4) is 0 Å². The van der Waals surface area contributed by atoms with Gasteiger partial charge in [0.1, 0.15) is 5.82 Å². The first-order valence-corrected chi connectivity index (χ1v) is 10.2. The molecule has 3 heterocycles. The Labute approximate surface area is 181 Å². The molecule has 7 nitrogen and oxygen atoms in total. The number of thiazole rings is 1. The minimum Gasteiger partial charge on any atom is -0.453 e. The molecule has 0 unspecified atom stereocenters. The Bertz CT molecular complexity index is 1270. The van der Waals surface area contributed by atoms with Crippen LogP contribution in [-0.2, 0) is 4.74 Å². The number of aryl methyl sites for hydroxylation is 1. The van der Waals surface area contributed by atoms with E-state index in [0.717, 1.165) is 5.69 Å². The van der Waals surface area contributed by atoms with Gasteiger partial charge in [-0.2, -0.15) is 0 Å². The highest BCUT2D eigenvalue weighted by Crippen LogP contribution is 2.23. The molecule has 3 aromatic heterocycles. The summed E-state index contributed by atoms with van der Waals surface area (Å²) in [6.45, 7) is 3.16. The van der Waals surface area contributed by atoms with Crippen molar-refractivity contribution in [3.05, 3.63) is 82.6 Å². The molecule has 0 saturated carbocycles. The van der Waals surface area contributed by atoms with E-state index >= 15 is 0 Å². The number of nitrogens with zero attached hydrogens (tertiary/aromatic N) is 4. The topological polar surface area (TPSA) is 87.0 Å². The van der Waals surface area contributed by atoms with Crippen molar-refractivity contribution in [3.8, 4) is 16.5 Å². The molecule has 1 aromatic carbocycles. The van der Waals surface area contributed by atoms with E-state index in [0.29, 0.717) is 27.8 Å². The Morgan fingerprint density at radius 2 is 1.90 bits per heavy atom. The van der Waals surface area contributed by atoms with E-state index in [1.807, 2.05) is 6.92 Å². The van der Waals surface area contributed by atoms with Crippen molar-refractivity contribution in [3.63, 3.8) is 0 Å². The van der Waals surface area contributed by atoms with E-state index in [9.17, 15) is 14.0 Å². The highest BCUT2D eigenvalue weighted by molar-refractivity contribution is 7.13. The number of ether oxygens (including phenoxy) is 1. The lowest BCUT2D eigenvalue weighted by atomic mass is 10.1. The number of benzene rings is 1. The number of halogens is 1. The molecule has 156 valence electrons. The predicted octanol–water partition coefficient (Wildman–Crippen LogP) is 4.19. The van der Waals surface area contributed by atoms with Crippen LogP contribution in [0.4, 0.5) is 4.39 Å². The summed E-state index contributed by atoms with van der Waals surface area (Å²) in [7, 11) is 0. The maximum Gasteiger partial charge on any atom is 0.358 e. The first-order valence-electron chi connectivity index (χ1n) is 9.32. The van der Waals surface area contributed by atoms with Gasteiger partial charge in [0.2, 0.25) is 5.78 Å². The molecule has 0 N–H and O–H groups in total. The highest BCUT2D eigenvalue weighted by atomic mass is 32.1. The van der Waals surface area contributed by atoms with Crippen LogP contribution in [0, 0.1) is 19.7 Å². The lowest BCUT2D eigenvalue weighted by Crippen LogP contribution is -2.15. The molecule has 4 rings (SSSR count). The van der Waals surface area contributed by atoms with Gasteiger partial charge in [0.05, 0.1) is 0 Å². The second kappa shape index (κ2) is 8.57. The molecule has 0 aliphatic heterocycles. The average molecular weight is 436 g/mol. The van der Waals surface area contributed by atoms with Crippen molar-refractivity contribution in [1.29, 1.82) is 0 Å². The van der Waals surface area contributed by atoms with Crippen molar-refractivity contribution < 1.29 is 18.7 Å². The molecular formula is C22H17FN4O3S. The maximum absolute atomic E-state index is 13.6. The Morgan fingerprint density at radius 1 is 1.13 bits per heavy atom. The lowest BCUT2D eigenvalue weighted by molar-refractivity contribution is 0.0469. The number of Topliss-reactive ketones (excluding diaryl/α,β-unsaturated/α-hetero) is 1. The minimum atomic E-state index is -0.703. The van der Waals surface area contributed by atoms with Gasteiger partial charge in [-0.25, -0.2) is 24.1 Å². The summed E-state index contributed by atoms with van der Waals surface area (Å²) in [4.78, 5) is 37.4. The Kier molecular flexibility index (Phi) is 5.68. The largest absolute Gasteiger partial charge is 0.453 e. The predicted molar refractivity (Wildman–Crippen MR) is 113 cm³/mol. The van der Waals surface area contributed by atoms with Gasteiger partial charge in [-0.05, 0) is 44.2 Å². The Hall–Kier alpha value is -3.72. The van der Waals surface area contributed by atoms with Crippen LogP contribution in [0.1, 0.15) is 32.2 Å². The van der Waals surface area contributed by atoms with Crippen molar-refractivity contribution in [2.45, 2.75) is 13.8 Å². The number of aromatic nitrogens is 4. The maximum atomic E-state index is 13.6. The van der Waals surface area contributed by atoms with E-state index in [1.165, 1.54) is 28.8 Å². The first kappa shape index (κ1) is 20.5. The third-order valence-electron chi connectivity index (χ3n) is 4.60. The monoisotopic (exact) mass is 436 g/mol. The molecule has 0 radical (unpaired) electrons. The fourth-order valence-electron chi connectivity index (χ4n) is 3.22. The van der Waals surface area contributed by atoms with Crippen LogP contribution in [-0.4, -0.2) is 37.9 Å². The lowest BCUT2D eigenvalue weighted by Gasteiger charge is -2.10. The van der Waals surface area contributed by atoms with Crippen LogP contribution in [0.2, 0.25) is 0 Å². The molecule has 0 amide bonds. The molecule has 9 heteroatoms. The molecule has 0 aliphatic rings. The number of carbonyl (C=O) groups is 2. The summed E-state index contributed by atoms with van der Waals surface area (Å²) >= 11 is 1.21. The molecule has 0 fully saturated rings. The van der Waals surface area contributed by atoms with Gasteiger partial charge in [-0.15, -0.1) is 11.3 Å². The SMILES string of the molecule is Cc1cc(C(=O)COC(=O)c2csc(-c3ncccn3)n2)c(C)n1-c1cccc(F)c1. The standard InChI is InChI=1S/C22H17FN4O3S/c1-13-9-17(14(2)27(13)16-6-3-5-15(23)10-16)19(28)11-30-22(29)18-12-31-21(26-18)20-24-7-4-8-25-20/h3-10,12H,11H2,1-2H3. The third kappa shape index (κ3) is 4.26. The normalized spacial score (nSPS) is 10.8. The summed E-state index contributed by atoms with van der Waals surface area (Å²) < 4.78 is 20.6. The fraction of sp³-hybridized carbons (Fsp3) is 0.136. The van der Waals surface area contributed by atoms with E-state index < -0.39 is 12.6 Å². The summed E-state index contributed by atoms with van der Waals surface area (Å²) in [5, 5.41) is 2.02. The number of rotatable bonds is 6. The van der Waals surface area contributed by atoms with Crippen molar-refractivity contribution in [2.75, 3.05) is 6.61 Å². The molecule has 0 aliphatic carbocycles. The first-order chi connectivity index (χ1) is 14.9. The summed E-state index contributed by atoms with van der Waals surface area (Å²) in [5.41, 5.74) is 2.52. The molecule has 0 spiro atoms. The summed E-state index contributed by atoms with van der Waals surface area (Å²) in [6.07, 6.45) is 3.17. The minimum absolute atomic E-state index is 0.0884. The average Bonchev–Trinajstić information content (AvgIpc) is 3.37. The summed E-state index contributed by atoms with van der Waals surface area (Å²) in [6, 6.07) is 9.50. The molecule has 4 aromatic rings. The zero-order chi connectivity index (χ0) is 22.0. The fourth-order valence-corrected chi connectivity index (χ4v) is 3.95. The van der Waals surface area contributed by atoms with Gasteiger partial charge in [0, 0.05) is 40.4 Å². The van der Waals surface area contributed by atoms with E-state index in [1.54, 1.807) is 48.1 Å². The zero-order valence-corrected chi connectivity index (χ0v) is 17.5. The van der Waals surface area contributed by atoms with Crippen LogP contribution in [0.5, 0.6) is 0 Å². The third-order valence-corrected chi connectivity index (χ3v) is 5.44. The number of esters is 1. The number of ketones is 1. The molecule has 0 bridgehead atoms. The Morgan fingerprint density at radius 3 is 2.65 bits per heavy atom. The molecule has 0 saturated heterocycles. The molecule has 0 atom stereocenters. The van der Waals surface area contributed by atoms with Crippen LogP contribution in [0.25, 0.3) is 16.5 Å². The van der Waals surface area contributed by atoms with Gasteiger partial charge in [-0.1, -0.05) is 6.07 Å². The van der Waals surface area contributed by atoms with Crippen molar-refractivity contribution in [1.82, 2.24) is 19.5 Å².